The van der Waals surface area contributed by atoms with Crippen LogP contribution in [0.3, 0.4) is 0 Å². The van der Waals surface area contributed by atoms with Crippen LogP contribution in [0.1, 0.15) is 18.4 Å². The van der Waals surface area contributed by atoms with E-state index in [-0.39, 0.29) is 11.9 Å². The second-order valence-electron chi connectivity index (χ2n) is 7.00. The second-order valence-corrected chi connectivity index (χ2v) is 7.00. The fraction of sp³-hybridized carbons (Fsp3) is 0.474. The van der Waals surface area contributed by atoms with Gasteiger partial charge in [-0.3, -0.25) is 9.69 Å². The molecule has 1 aliphatic rings. The molecule has 2 aromatic rings. The number of aliphatic hydroxyl groups is 1. The van der Waals surface area contributed by atoms with E-state index in [1.807, 2.05) is 40.9 Å². The van der Waals surface area contributed by atoms with Crippen molar-refractivity contribution in [2.24, 2.45) is 5.92 Å². The van der Waals surface area contributed by atoms with Crippen LogP contribution >= 0.6 is 0 Å². The lowest BCUT2D eigenvalue weighted by Gasteiger charge is -2.20. The largest absolute Gasteiger partial charge is 0.391 e. The normalized spacial score (nSPS) is 23.1. The van der Waals surface area contributed by atoms with Crippen molar-refractivity contribution in [1.82, 2.24) is 19.8 Å². The summed E-state index contributed by atoms with van der Waals surface area (Å²) >= 11 is 0. The SMILES string of the molecule is CN(CC(=O)N[C@@H]1CC(Cn2ccnc2)C[C@H]1O)Cc1ccccc1. The van der Waals surface area contributed by atoms with Gasteiger partial charge in [-0.25, -0.2) is 4.98 Å². The topological polar surface area (TPSA) is 70.4 Å². The second kappa shape index (κ2) is 8.27. The van der Waals surface area contributed by atoms with Crippen molar-refractivity contribution in [3.05, 3.63) is 54.6 Å². The van der Waals surface area contributed by atoms with E-state index in [9.17, 15) is 9.90 Å². The van der Waals surface area contributed by atoms with E-state index in [0.717, 1.165) is 19.5 Å². The van der Waals surface area contributed by atoms with Crippen LogP contribution in [-0.4, -0.2) is 51.2 Å². The van der Waals surface area contributed by atoms with E-state index in [1.54, 1.807) is 12.5 Å². The van der Waals surface area contributed by atoms with Gasteiger partial charge in [0.2, 0.25) is 5.91 Å². The highest BCUT2D eigenvalue weighted by Gasteiger charge is 2.34. The summed E-state index contributed by atoms with van der Waals surface area (Å²) in [6, 6.07) is 9.92. The summed E-state index contributed by atoms with van der Waals surface area (Å²) in [5.41, 5.74) is 1.18. The Hall–Kier alpha value is -2.18. The van der Waals surface area contributed by atoms with Gasteiger partial charge in [0, 0.05) is 25.5 Å². The van der Waals surface area contributed by atoms with E-state index >= 15 is 0 Å². The Bertz CT molecular complexity index is 659. The molecule has 1 saturated carbocycles. The third-order valence-electron chi connectivity index (χ3n) is 4.71. The summed E-state index contributed by atoms with van der Waals surface area (Å²) in [5.74, 6) is 0.322. The number of benzene rings is 1. The first-order valence-electron chi connectivity index (χ1n) is 8.76. The molecule has 134 valence electrons. The van der Waals surface area contributed by atoms with Crippen LogP contribution in [0.4, 0.5) is 0 Å². The number of hydrogen-bond acceptors (Lipinski definition) is 4. The van der Waals surface area contributed by atoms with Gasteiger partial charge in [0.15, 0.2) is 0 Å². The number of aromatic nitrogens is 2. The monoisotopic (exact) mass is 342 g/mol. The molecule has 1 aliphatic carbocycles. The molecule has 1 aromatic carbocycles. The summed E-state index contributed by atoms with van der Waals surface area (Å²) in [6.07, 6.45) is 6.51. The Morgan fingerprint density at radius 2 is 2.16 bits per heavy atom. The number of amides is 1. The van der Waals surface area contributed by atoms with E-state index in [1.165, 1.54) is 5.56 Å². The fourth-order valence-corrected chi connectivity index (χ4v) is 3.56. The molecule has 0 aliphatic heterocycles. The van der Waals surface area contributed by atoms with Gasteiger partial charge in [-0.15, -0.1) is 0 Å². The molecule has 1 aromatic heterocycles. The molecule has 0 saturated heterocycles. The van der Waals surface area contributed by atoms with E-state index in [2.05, 4.69) is 22.4 Å². The third kappa shape index (κ3) is 5.14. The number of nitrogens with one attached hydrogen (secondary N) is 1. The lowest BCUT2D eigenvalue weighted by atomic mass is 10.1. The zero-order chi connectivity index (χ0) is 17.6. The molecule has 0 bridgehead atoms. The predicted octanol–water partition coefficient (Wildman–Crippen LogP) is 1.27. The summed E-state index contributed by atoms with van der Waals surface area (Å²) in [7, 11) is 1.93. The van der Waals surface area contributed by atoms with E-state index in [4.69, 9.17) is 0 Å². The van der Waals surface area contributed by atoms with Crippen LogP contribution in [-0.2, 0) is 17.9 Å². The maximum absolute atomic E-state index is 12.3. The Morgan fingerprint density at radius 3 is 2.88 bits per heavy atom. The number of hydrogen-bond donors (Lipinski definition) is 2. The molecule has 6 heteroatoms. The lowest BCUT2D eigenvalue weighted by Crippen LogP contribution is -2.44. The molecule has 3 rings (SSSR count). The summed E-state index contributed by atoms with van der Waals surface area (Å²) in [4.78, 5) is 18.3. The van der Waals surface area contributed by atoms with Gasteiger partial charge < -0.3 is 15.0 Å². The minimum atomic E-state index is -0.475. The first-order valence-corrected chi connectivity index (χ1v) is 8.76. The number of nitrogens with zero attached hydrogens (tertiary/aromatic N) is 3. The molecule has 1 fully saturated rings. The van der Waals surface area contributed by atoms with Gasteiger partial charge in [0.25, 0.3) is 0 Å². The average Bonchev–Trinajstić information content (AvgIpc) is 3.19. The van der Waals surface area contributed by atoms with Crippen molar-refractivity contribution in [2.45, 2.75) is 38.1 Å². The highest BCUT2D eigenvalue weighted by molar-refractivity contribution is 5.78. The average molecular weight is 342 g/mol. The summed E-state index contributed by atoms with van der Waals surface area (Å²) < 4.78 is 2.02. The van der Waals surface area contributed by atoms with Crippen LogP contribution in [0.25, 0.3) is 0 Å². The standard InChI is InChI=1S/C19H26N4O2/c1-22(11-15-5-3-2-4-6-15)13-19(25)21-17-9-16(10-18(17)24)12-23-8-7-20-14-23/h2-8,14,16-18,24H,9-13H2,1H3,(H,21,25)/t16?,17-,18-/m1/s1. The van der Waals surface area contributed by atoms with Crippen LogP contribution in [0, 0.1) is 5.92 Å². The number of aliphatic hydroxyl groups excluding tert-OH is 1. The van der Waals surface area contributed by atoms with Gasteiger partial charge in [-0.05, 0) is 31.4 Å². The minimum Gasteiger partial charge on any atom is -0.391 e. The maximum Gasteiger partial charge on any atom is 0.234 e. The first kappa shape index (κ1) is 17.6. The minimum absolute atomic E-state index is 0.0363. The van der Waals surface area contributed by atoms with Crippen molar-refractivity contribution in [3.63, 3.8) is 0 Å². The lowest BCUT2D eigenvalue weighted by molar-refractivity contribution is -0.123. The van der Waals surface area contributed by atoms with Crippen molar-refractivity contribution >= 4 is 5.91 Å². The number of imidazole rings is 1. The highest BCUT2D eigenvalue weighted by atomic mass is 16.3. The highest BCUT2D eigenvalue weighted by Crippen LogP contribution is 2.27. The van der Waals surface area contributed by atoms with E-state index in [0.29, 0.717) is 18.9 Å². The molecule has 0 spiro atoms. The molecule has 25 heavy (non-hydrogen) atoms. The van der Waals surface area contributed by atoms with Crippen LogP contribution in [0.2, 0.25) is 0 Å². The maximum atomic E-state index is 12.3. The number of likely N-dealkylation sites (N-methyl/N-ethyl adjacent to an activating group) is 1. The van der Waals surface area contributed by atoms with Crippen molar-refractivity contribution in [2.75, 3.05) is 13.6 Å². The molecular formula is C19H26N4O2. The van der Waals surface area contributed by atoms with Crippen LogP contribution in [0.5, 0.6) is 0 Å². The zero-order valence-corrected chi connectivity index (χ0v) is 14.6. The molecule has 0 radical (unpaired) electrons. The molecule has 1 amide bonds. The molecule has 1 unspecified atom stereocenters. The third-order valence-corrected chi connectivity index (χ3v) is 4.71. The molecule has 2 N–H and O–H groups in total. The summed E-state index contributed by atoms with van der Waals surface area (Å²) in [6.45, 7) is 1.88. The van der Waals surface area contributed by atoms with Gasteiger partial charge in [-0.1, -0.05) is 30.3 Å². The Labute approximate surface area is 148 Å². The Morgan fingerprint density at radius 1 is 1.36 bits per heavy atom. The van der Waals surface area contributed by atoms with Crippen molar-refractivity contribution in [3.8, 4) is 0 Å². The van der Waals surface area contributed by atoms with Crippen LogP contribution < -0.4 is 5.32 Å². The number of carbonyl (C=O) groups is 1. The van der Waals surface area contributed by atoms with Gasteiger partial charge in [0.05, 0.1) is 25.0 Å². The zero-order valence-electron chi connectivity index (χ0n) is 14.6. The molecule has 6 nitrogen and oxygen atoms in total. The smallest absolute Gasteiger partial charge is 0.234 e. The number of carbonyl (C=O) groups excluding carboxylic acids is 1. The fourth-order valence-electron chi connectivity index (χ4n) is 3.56. The summed E-state index contributed by atoms with van der Waals surface area (Å²) in [5, 5.41) is 13.3. The molecule has 1 heterocycles. The van der Waals surface area contributed by atoms with Crippen LogP contribution in [0.15, 0.2) is 49.1 Å². The quantitative estimate of drug-likeness (QED) is 0.795. The molecular weight excluding hydrogens is 316 g/mol. The first-order chi connectivity index (χ1) is 12.1. The molecule has 3 atom stereocenters. The van der Waals surface area contributed by atoms with Crippen molar-refractivity contribution < 1.29 is 9.90 Å². The number of rotatable bonds is 7. The van der Waals surface area contributed by atoms with Gasteiger partial charge >= 0.3 is 0 Å². The van der Waals surface area contributed by atoms with E-state index < -0.39 is 6.10 Å². The van der Waals surface area contributed by atoms with Gasteiger partial charge in [0.1, 0.15) is 0 Å². The van der Waals surface area contributed by atoms with Crippen molar-refractivity contribution in [1.29, 1.82) is 0 Å². The Balaban J connectivity index is 1.44. The predicted molar refractivity (Wildman–Crippen MR) is 95.7 cm³/mol. The Kier molecular flexibility index (Phi) is 5.83. The van der Waals surface area contributed by atoms with Gasteiger partial charge in [-0.2, -0.15) is 0 Å².